The summed E-state index contributed by atoms with van der Waals surface area (Å²) >= 11 is 1.50. The molecule has 0 aliphatic rings. The fourth-order valence-electron chi connectivity index (χ4n) is 1.58. The van der Waals surface area contributed by atoms with Crippen LogP contribution in [0.2, 0.25) is 0 Å². The van der Waals surface area contributed by atoms with E-state index < -0.39 is 5.82 Å². The normalized spacial score (nSPS) is 10.6. The molecule has 18 heavy (non-hydrogen) atoms. The highest BCUT2D eigenvalue weighted by Gasteiger charge is 2.11. The molecule has 0 bridgehead atoms. The fourth-order valence-corrected chi connectivity index (χ4v) is 2.51. The molecule has 0 atom stereocenters. The first-order valence-electron chi connectivity index (χ1n) is 5.38. The minimum absolute atomic E-state index is 0.150. The van der Waals surface area contributed by atoms with Crippen molar-refractivity contribution in [3.8, 4) is 0 Å². The molecule has 3 nitrogen and oxygen atoms in total. The molecule has 5 heteroatoms. The predicted octanol–water partition coefficient (Wildman–Crippen LogP) is 3.30. The minimum atomic E-state index is -0.418. The lowest BCUT2D eigenvalue weighted by molar-refractivity contribution is 0.527. The molecule has 0 amide bonds. The third-order valence-corrected chi connectivity index (χ3v) is 3.75. The second kappa shape index (κ2) is 5.27. The van der Waals surface area contributed by atoms with Gasteiger partial charge in [0.25, 0.3) is 0 Å². The first kappa shape index (κ1) is 12.7. The van der Waals surface area contributed by atoms with E-state index in [1.165, 1.54) is 17.8 Å². The number of thioether (sulfide) groups is 1. The van der Waals surface area contributed by atoms with Crippen LogP contribution >= 0.6 is 11.8 Å². The first-order valence-corrected chi connectivity index (χ1v) is 6.37. The van der Waals surface area contributed by atoms with Gasteiger partial charge in [-0.3, -0.25) is 5.41 Å². The van der Waals surface area contributed by atoms with Crippen molar-refractivity contribution in [3.63, 3.8) is 0 Å². The minimum Gasteiger partial charge on any atom is -0.468 e. The number of nitrogens with two attached hydrogens (primary N) is 1. The average molecular weight is 264 g/mol. The van der Waals surface area contributed by atoms with Gasteiger partial charge >= 0.3 is 0 Å². The summed E-state index contributed by atoms with van der Waals surface area (Å²) in [4.78, 5) is 0.989. The van der Waals surface area contributed by atoms with Crippen molar-refractivity contribution in [2.24, 2.45) is 5.73 Å². The van der Waals surface area contributed by atoms with Crippen LogP contribution in [0.25, 0.3) is 0 Å². The van der Waals surface area contributed by atoms with Crippen LogP contribution < -0.4 is 5.73 Å². The summed E-state index contributed by atoms with van der Waals surface area (Å²) in [5.41, 5.74) is 6.01. The SMILES string of the molecule is Cc1occc1SCc1cccc(C(=N)N)c1F. The molecule has 0 radical (unpaired) electrons. The maximum absolute atomic E-state index is 14.0. The van der Waals surface area contributed by atoms with Crippen LogP contribution in [0.15, 0.2) is 39.8 Å². The number of hydrogen-bond acceptors (Lipinski definition) is 3. The van der Waals surface area contributed by atoms with Crippen LogP contribution in [0.3, 0.4) is 0 Å². The standard InChI is InChI=1S/C13H13FN2OS/c1-8-11(5-6-17-8)18-7-9-3-2-4-10(12(9)14)13(15)16/h2-6H,7H2,1H3,(H3,15,16). The van der Waals surface area contributed by atoms with Crippen molar-refractivity contribution in [1.82, 2.24) is 0 Å². The third-order valence-electron chi connectivity index (χ3n) is 2.56. The number of rotatable bonds is 4. The smallest absolute Gasteiger partial charge is 0.138 e. The van der Waals surface area contributed by atoms with E-state index in [0.717, 1.165) is 10.7 Å². The zero-order valence-corrected chi connectivity index (χ0v) is 10.7. The molecule has 1 aromatic heterocycles. The summed E-state index contributed by atoms with van der Waals surface area (Å²) in [6, 6.07) is 6.77. The Balaban J connectivity index is 2.17. The molecule has 2 aromatic rings. The number of nitrogen functional groups attached to an aromatic ring is 1. The zero-order chi connectivity index (χ0) is 13.1. The van der Waals surface area contributed by atoms with Crippen LogP contribution in [0.4, 0.5) is 4.39 Å². The van der Waals surface area contributed by atoms with Crippen LogP contribution in [0, 0.1) is 18.2 Å². The maximum atomic E-state index is 14.0. The van der Waals surface area contributed by atoms with Crippen molar-refractivity contribution in [1.29, 1.82) is 5.41 Å². The van der Waals surface area contributed by atoms with E-state index in [2.05, 4.69) is 0 Å². The topological polar surface area (TPSA) is 63.0 Å². The van der Waals surface area contributed by atoms with E-state index in [-0.39, 0.29) is 11.4 Å². The Morgan fingerprint density at radius 2 is 2.22 bits per heavy atom. The number of halogens is 1. The fraction of sp³-hybridized carbons (Fsp3) is 0.154. The van der Waals surface area contributed by atoms with Gasteiger partial charge in [0, 0.05) is 10.6 Å². The lowest BCUT2D eigenvalue weighted by atomic mass is 10.1. The van der Waals surface area contributed by atoms with Gasteiger partial charge in [-0.2, -0.15) is 0 Å². The summed E-state index contributed by atoms with van der Waals surface area (Å²) < 4.78 is 19.2. The second-order valence-electron chi connectivity index (χ2n) is 3.82. The molecule has 1 aromatic carbocycles. The Morgan fingerprint density at radius 1 is 1.44 bits per heavy atom. The molecule has 0 aliphatic heterocycles. The molecule has 0 aliphatic carbocycles. The maximum Gasteiger partial charge on any atom is 0.138 e. The average Bonchev–Trinajstić information content (AvgIpc) is 2.73. The van der Waals surface area contributed by atoms with Crippen LogP contribution in [-0.4, -0.2) is 5.84 Å². The van der Waals surface area contributed by atoms with E-state index >= 15 is 0 Å². The van der Waals surface area contributed by atoms with Gasteiger partial charge in [-0.1, -0.05) is 12.1 Å². The van der Waals surface area contributed by atoms with Crippen molar-refractivity contribution >= 4 is 17.6 Å². The summed E-state index contributed by atoms with van der Waals surface area (Å²) in [5.74, 6) is 0.633. The summed E-state index contributed by atoms with van der Waals surface area (Å²) in [7, 11) is 0. The summed E-state index contributed by atoms with van der Waals surface area (Å²) in [6.07, 6.45) is 1.61. The van der Waals surface area contributed by atoms with Gasteiger partial charge < -0.3 is 10.2 Å². The molecular weight excluding hydrogens is 251 g/mol. The highest BCUT2D eigenvalue weighted by atomic mass is 32.2. The van der Waals surface area contributed by atoms with E-state index in [1.807, 2.05) is 13.0 Å². The van der Waals surface area contributed by atoms with Gasteiger partial charge in [0.15, 0.2) is 0 Å². The number of amidine groups is 1. The summed E-state index contributed by atoms with van der Waals surface area (Å²) in [5, 5.41) is 7.29. The number of benzene rings is 1. The Bertz CT molecular complexity index is 580. The highest BCUT2D eigenvalue weighted by Crippen LogP contribution is 2.28. The second-order valence-corrected chi connectivity index (χ2v) is 4.84. The number of aryl methyl sites for hydroxylation is 1. The molecule has 94 valence electrons. The van der Waals surface area contributed by atoms with Crippen LogP contribution in [0.1, 0.15) is 16.9 Å². The van der Waals surface area contributed by atoms with Crippen molar-refractivity contribution in [2.45, 2.75) is 17.6 Å². The van der Waals surface area contributed by atoms with Gasteiger partial charge in [0.05, 0.1) is 11.8 Å². The van der Waals surface area contributed by atoms with Crippen LogP contribution in [0.5, 0.6) is 0 Å². The molecular formula is C13H13FN2OS. The molecule has 0 saturated heterocycles. The van der Waals surface area contributed by atoms with Gasteiger partial charge in [-0.05, 0) is 24.6 Å². The van der Waals surface area contributed by atoms with Crippen molar-refractivity contribution in [3.05, 3.63) is 53.2 Å². The monoisotopic (exact) mass is 264 g/mol. The lowest BCUT2D eigenvalue weighted by Gasteiger charge is -2.06. The molecule has 0 spiro atoms. The molecule has 0 unspecified atom stereocenters. The van der Waals surface area contributed by atoms with E-state index in [4.69, 9.17) is 15.6 Å². The zero-order valence-electron chi connectivity index (χ0n) is 9.87. The molecule has 3 N–H and O–H groups in total. The van der Waals surface area contributed by atoms with Crippen molar-refractivity contribution < 1.29 is 8.81 Å². The van der Waals surface area contributed by atoms with Gasteiger partial charge in [0.1, 0.15) is 17.4 Å². The lowest BCUT2D eigenvalue weighted by Crippen LogP contribution is -2.14. The third kappa shape index (κ3) is 2.56. The van der Waals surface area contributed by atoms with Crippen molar-refractivity contribution in [2.75, 3.05) is 0 Å². The molecule has 2 rings (SSSR count). The largest absolute Gasteiger partial charge is 0.468 e. The number of hydrogen-bond donors (Lipinski definition) is 2. The van der Waals surface area contributed by atoms with E-state index in [9.17, 15) is 4.39 Å². The van der Waals surface area contributed by atoms with Gasteiger partial charge in [-0.15, -0.1) is 11.8 Å². The Kier molecular flexibility index (Phi) is 3.72. The molecule has 0 fully saturated rings. The Labute approximate surface area is 109 Å². The quantitative estimate of drug-likeness (QED) is 0.506. The van der Waals surface area contributed by atoms with Crippen LogP contribution in [-0.2, 0) is 5.75 Å². The highest BCUT2D eigenvalue weighted by molar-refractivity contribution is 7.98. The van der Waals surface area contributed by atoms with E-state index in [1.54, 1.807) is 18.4 Å². The number of furan rings is 1. The summed E-state index contributed by atoms with van der Waals surface area (Å²) in [6.45, 7) is 1.87. The molecule has 1 heterocycles. The predicted molar refractivity (Wildman–Crippen MR) is 70.4 cm³/mol. The Hall–Kier alpha value is -1.75. The molecule has 0 saturated carbocycles. The van der Waals surface area contributed by atoms with Gasteiger partial charge in [-0.25, -0.2) is 4.39 Å². The van der Waals surface area contributed by atoms with E-state index in [0.29, 0.717) is 11.3 Å². The number of nitrogens with one attached hydrogen (secondary N) is 1. The Morgan fingerprint density at radius 3 is 2.83 bits per heavy atom. The van der Waals surface area contributed by atoms with Gasteiger partial charge in [0.2, 0.25) is 0 Å². The first-order chi connectivity index (χ1) is 8.59.